The maximum absolute atomic E-state index is 5.66. The number of rotatable bonds is 8. The highest BCUT2D eigenvalue weighted by molar-refractivity contribution is 6.17. The zero-order valence-electron chi connectivity index (χ0n) is 11.1. The average Bonchev–Trinajstić information content (AvgIpc) is 2.90. The van der Waals surface area contributed by atoms with Crippen LogP contribution < -0.4 is 0 Å². The molecule has 0 saturated heterocycles. The molecule has 0 N–H and O–H groups in total. The fourth-order valence-electron chi connectivity index (χ4n) is 2.06. The minimum absolute atomic E-state index is 0.684. The summed E-state index contributed by atoms with van der Waals surface area (Å²) in [6.45, 7) is 0.945. The van der Waals surface area contributed by atoms with Crippen molar-refractivity contribution in [3.8, 4) is 0 Å². The molecule has 0 bridgehead atoms. The lowest BCUT2D eigenvalue weighted by Crippen LogP contribution is -1.99. The van der Waals surface area contributed by atoms with Crippen molar-refractivity contribution in [1.82, 2.24) is 15.0 Å². The van der Waals surface area contributed by atoms with Crippen LogP contribution in [0.25, 0.3) is 0 Å². The van der Waals surface area contributed by atoms with E-state index in [1.54, 1.807) is 0 Å². The molecule has 0 radical (unpaired) electrons. The maximum atomic E-state index is 5.66. The van der Waals surface area contributed by atoms with Gasteiger partial charge in [-0.3, -0.25) is 4.68 Å². The number of nitrogens with zero attached hydrogens (tertiary/aromatic N) is 3. The first-order valence-corrected chi connectivity index (χ1v) is 7.41. The fraction of sp³-hybridized carbons (Fsp3) is 0.467. The maximum Gasteiger partial charge on any atom is 0.0827 e. The first-order chi connectivity index (χ1) is 9.38. The summed E-state index contributed by atoms with van der Waals surface area (Å²) in [5, 5.41) is 8.28. The van der Waals surface area contributed by atoms with Crippen LogP contribution in [0.15, 0.2) is 36.5 Å². The summed E-state index contributed by atoms with van der Waals surface area (Å²) in [6.07, 6.45) is 7.37. The molecule has 1 aromatic carbocycles. The Morgan fingerprint density at radius 1 is 1.00 bits per heavy atom. The minimum Gasteiger partial charge on any atom is -0.252 e. The molecule has 0 saturated carbocycles. The lowest BCUT2D eigenvalue weighted by atomic mass is 10.1. The standard InChI is InChI=1S/C15H20ClN3/c16-11-6-10-15-13-19(18-17-15)12-5-4-9-14-7-2-1-3-8-14/h1-3,7-8,13H,4-6,9-12H2. The van der Waals surface area contributed by atoms with Gasteiger partial charge in [0, 0.05) is 18.6 Å². The highest BCUT2D eigenvalue weighted by Crippen LogP contribution is 2.06. The molecule has 0 aliphatic heterocycles. The van der Waals surface area contributed by atoms with E-state index in [1.807, 2.05) is 10.9 Å². The highest BCUT2D eigenvalue weighted by atomic mass is 35.5. The van der Waals surface area contributed by atoms with Gasteiger partial charge in [-0.2, -0.15) is 0 Å². The van der Waals surface area contributed by atoms with Crippen LogP contribution in [0.3, 0.4) is 0 Å². The van der Waals surface area contributed by atoms with E-state index in [0.29, 0.717) is 5.88 Å². The molecule has 0 aliphatic carbocycles. The Morgan fingerprint density at radius 2 is 1.84 bits per heavy atom. The van der Waals surface area contributed by atoms with Crippen molar-refractivity contribution in [3.63, 3.8) is 0 Å². The Hall–Kier alpha value is -1.35. The van der Waals surface area contributed by atoms with Crippen molar-refractivity contribution in [2.24, 2.45) is 0 Å². The first kappa shape index (κ1) is 14.1. The zero-order valence-corrected chi connectivity index (χ0v) is 11.9. The number of aryl methyl sites for hydroxylation is 3. The normalized spacial score (nSPS) is 10.8. The van der Waals surface area contributed by atoms with Crippen molar-refractivity contribution < 1.29 is 0 Å². The van der Waals surface area contributed by atoms with Crippen LogP contribution in [0.1, 0.15) is 30.5 Å². The van der Waals surface area contributed by atoms with Crippen LogP contribution >= 0.6 is 11.6 Å². The molecule has 0 spiro atoms. The number of benzene rings is 1. The third-order valence-corrected chi connectivity index (χ3v) is 3.37. The van der Waals surface area contributed by atoms with Crippen LogP contribution in [0.5, 0.6) is 0 Å². The summed E-state index contributed by atoms with van der Waals surface area (Å²) in [7, 11) is 0. The Kier molecular flexibility index (Phi) is 5.89. The third-order valence-electron chi connectivity index (χ3n) is 3.10. The molecule has 1 heterocycles. The summed E-state index contributed by atoms with van der Waals surface area (Å²) >= 11 is 5.66. The van der Waals surface area contributed by atoms with Gasteiger partial charge < -0.3 is 0 Å². The van der Waals surface area contributed by atoms with Gasteiger partial charge in [0.15, 0.2) is 0 Å². The SMILES string of the molecule is ClCCCc1cn(CCCCc2ccccc2)nn1. The van der Waals surface area contributed by atoms with Gasteiger partial charge in [-0.15, -0.1) is 16.7 Å². The molecule has 2 rings (SSSR count). The molecule has 0 aliphatic rings. The second-order valence-corrected chi connectivity index (χ2v) is 5.09. The summed E-state index contributed by atoms with van der Waals surface area (Å²) in [5.41, 5.74) is 2.45. The van der Waals surface area contributed by atoms with Crippen molar-refractivity contribution in [2.75, 3.05) is 5.88 Å². The predicted molar refractivity (Wildman–Crippen MR) is 78.4 cm³/mol. The molecular weight excluding hydrogens is 258 g/mol. The predicted octanol–water partition coefficient (Wildman–Crippen LogP) is 3.47. The van der Waals surface area contributed by atoms with Crippen molar-refractivity contribution in [2.45, 2.75) is 38.6 Å². The van der Waals surface area contributed by atoms with E-state index in [9.17, 15) is 0 Å². The van der Waals surface area contributed by atoms with E-state index in [1.165, 1.54) is 12.0 Å². The van der Waals surface area contributed by atoms with Crippen molar-refractivity contribution in [1.29, 1.82) is 0 Å². The van der Waals surface area contributed by atoms with Gasteiger partial charge in [-0.05, 0) is 37.7 Å². The van der Waals surface area contributed by atoms with E-state index in [-0.39, 0.29) is 0 Å². The second kappa shape index (κ2) is 7.95. The van der Waals surface area contributed by atoms with Gasteiger partial charge in [0.05, 0.1) is 5.69 Å². The topological polar surface area (TPSA) is 30.7 Å². The Balaban J connectivity index is 1.66. The van der Waals surface area contributed by atoms with Crippen LogP contribution in [-0.4, -0.2) is 20.9 Å². The van der Waals surface area contributed by atoms with Crippen LogP contribution in [-0.2, 0) is 19.4 Å². The molecule has 2 aromatic rings. The molecule has 0 amide bonds. The summed E-state index contributed by atoms with van der Waals surface area (Å²) in [4.78, 5) is 0. The van der Waals surface area contributed by atoms with Gasteiger partial charge in [-0.25, -0.2) is 0 Å². The van der Waals surface area contributed by atoms with E-state index in [0.717, 1.165) is 37.9 Å². The van der Waals surface area contributed by atoms with E-state index >= 15 is 0 Å². The Morgan fingerprint density at radius 3 is 2.63 bits per heavy atom. The Bertz CT molecular complexity index is 467. The van der Waals surface area contributed by atoms with E-state index in [2.05, 4.69) is 40.6 Å². The largest absolute Gasteiger partial charge is 0.252 e. The molecular formula is C15H20ClN3. The van der Waals surface area contributed by atoms with Gasteiger partial charge in [0.1, 0.15) is 0 Å². The van der Waals surface area contributed by atoms with Crippen LogP contribution in [0.2, 0.25) is 0 Å². The molecule has 3 nitrogen and oxygen atoms in total. The molecule has 0 atom stereocenters. The van der Waals surface area contributed by atoms with Gasteiger partial charge in [0.2, 0.25) is 0 Å². The number of hydrogen-bond donors (Lipinski definition) is 0. The fourth-order valence-corrected chi connectivity index (χ4v) is 2.19. The molecule has 1 aromatic heterocycles. The van der Waals surface area contributed by atoms with Crippen LogP contribution in [0.4, 0.5) is 0 Å². The minimum atomic E-state index is 0.684. The lowest BCUT2D eigenvalue weighted by Gasteiger charge is -2.01. The molecule has 102 valence electrons. The first-order valence-electron chi connectivity index (χ1n) is 6.87. The summed E-state index contributed by atoms with van der Waals surface area (Å²) < 4.78 is 1.94. The quantitative estimate of drug-likeness (QED) is 0.546. The highest BCUT2D eigenvalue weighted by Gasteiger charge is 2.00. The summed E-state index contributed by atoms with van der Waals surface area (Å²) in [5.74, 6) is 0.684. The second-order valence-electron chi connectivity index (χ2n) is 4.71. The molecule has 4 heteroatoms. The number of halogens is 1. The number of hydrogen-bond acceptors (Lipinski definition) is 2. The van der Waals surface area contributed by atoms with Gasteiger partial charge >= 0.3 is 0 Å². The molecule has 0 fully saturated rings. The Labute approximate surface area is 119 Å². The van der Waals surface area contributed by atoms with Gasteiger partial charge in [-0.1, -0.05) is 35.5 Å². The monoisotopic (exact) mass is 277 g/mol. The third kappa shape index (κ3) is 5.03. The average molecular weight is 278 g/mol. The molecule has 19 heavy (non-hydrogen) atoms. The van der Waals surface area contributed by atoms with Gasteiger partial charge in [0.25, 0.3) is 0 Å². The smallest absolute Gasteiger partial charge is 0.0827 e. The number of unbranched alkanes of at least 4 members (excludes halogenated alkanes) is 1. The number of aromatic nitrogens is 3. The van der Waals surface area contributed by atoms with E-state index < -0.39 is 0 Å². The summed E-state index contributed by atoms with van der Waals surface area (Å²) in [6, 6.07) is 10.6. The van der Waals surface area contributed by atoms with E-state index in [4.69, 9.17) is 11.6 Å². The van der Waals surface area contributed by atoms with Crippen molar-refractivity contribution >= 4 is 11.6 Å². The lowest BCUT2D eigenvalue weighted by molar-refractivity contribution is 0.541. The zero-order chi connectivity index (χ0) is 13.3. The molecule has 0 unspecified atom stereocenters. The number of alkyl halides is 1. The van der Waals surface area contributed by atoms with Crippen molar-refractivity contribution in [3.05, 3.63) is 47.8 Å². The van der Waals surface area contributed by atoms with Crippen LogP contribution in [0, 0.1) is 0 Å².